The molecular weight excluding hydrogens is 453 g/mol. The number of carbonyl (C=O) groups is 2. The van der Waals surface area contributed by atoms with Crippen LogP contribution in [0.2, 0.25) is 6.32 Å². The van der Waals surface area contributed by atoms with Crippen LogP contribution in [0.1, 0.15) is 69.6 Å². The number of carbonyl (C=O) groups excluding carboxylic acids is 2. The molecule has 0 unspecified atom stereocenters. The number of allylic oxidation sites excluding steroid dienone is 2. The SMILES string of the molecule is CCC/C(=C\c1cc(C)c(O)c(C)c1)CC[C@H]1OB(O)C[C@H]2C1=C(C(C)C)C[C@H]1C(=O)N(C)C(=O)[C@H]12. The van der Waals surface area contributed by atoms with Crippen LogP contribution in [-0.4, -0.2) is 47.1 Å². The maximum absolute atomic E-state index is 13.1. The number of likely N-dealkylation sites (tertiary alicyclic amines) is 1. The molecule has 6 nitrogen and oxygen atoms in total. The van der Waals surface area contributed by atoms with E-state index in [-0.39, 0.29) is 35.7 Å². The van der Waals surface area contributed by atoms with Gasteiger partial charge in [-0.25, -0.2) is 0 Å². The molecule has 0 spiro atoms. The third-order valence-electron chi connectivity index (χ3n) is 8.34. The molecule has 4 rings (SSSR count). The van der Waals surface area contributed by atoms with Gasteiger partial charge in [-0.2, -0.15) is 0 Å². The highest BCUT2D eigenvalue weighted by atomic mass is 16.5. The van der Waals surface area contributed by atoms with E-state index in [9.17, 15) is 19.7 Å². The molecule has 4 atom stereocenters. The van der Waals surface area contributed by atoms with Gasteiger partial charge in [-0.15, -0.1) is 0 Å². The van der Waals surface area contributed by atoms with Crippen molar-refractivity contribution >= 4 is 25.0 Å². The van der Waals surface area contributed by atoms with Crippen LogP contribution in [-0.2, 0) is 14.2 Å². The fourth-order valence-corrected chi connectivity index (χ4v) is 6.62. The number of amides is 2. The molecule has 36 heavy (non-hydrogen) atoms. The number of benzene rings is 1. The van der Waals surface area contributed by atoms with E-state index in [2.05, 4.69) is 26.8 Å². The molecule has 1 aromatic rings. The van der Waals surface area contributed by atoms with Crippen LogP contribution in [0.4, 0.5) is 0 Å². The van der Waals surface area contributed by atoms with Gasteiger partial charge in [0.2, 0.25) is 11.8 Å². The highest BCUT2D eigenvalue weighted by Gasteiger charge is 2.56. The quantitative estimate of drug-likeness (QED) is 0.315. The van der Waals surface area contributed by atoms with E-state index in [4.69, 9.17) is 4.65 Å². The third kappa shape index (κ3) is 4.92. The Kier molecular flexibility index (Phi) is 7.82. The number of imide groups is 1. The van der Waals surface area contributed by atoms with Gasteiger partial charge < -0.3 is 14.8 Å². The number of aryl methyl sites for hydroxylation is 2. The molecule has 1 aliphatic carbocycles. The first-order valence-electron chi connectivity index (χ1n) is 13.4. The molecule has 194 valence electrons. The minimum atomic E-state index is -0.939. The van der Waals surface area contributed by atoms with Crippen molar-refractivity contribution in [1.29, 1.82) is 0 Å². The van der Waals surface area contributed by atoms with Crippen molar-refractivity contribution in [2.24, 2.45) is 23.7 Å². The first-order valence-corrected chi connectivity index (χ1v) is 13.4. The average Bonchev–Trinajstić information content (AvgIpc) is 3.04. The van der Waals surface area contributed by atoms with Crippen LogP contribution < -0.4 is 0 Å². The second-order valence-corrected chi connectivity index (χ2v) is 11.2. The average molecular weight is 493 g/mol. The Balaban J connectivity index is 1.64. The predicted molar refractivity (Wildman–Crippen MR) is 142 cm³/mol. The topological polar surface area (TPSA) is 87.1 Å². The zero-order valence-electron chi connectivity index (χ0n) is 22.5. The highest BCUT2D eigenvalue weighted by molar-refractivity contribution is 6.43. The fourth-order valence-electron chi connectivity index (χ4n) is 6.62. The Labute approximate surface area is 215 Å². The van der Waals surface area contributed by atoms with Gasteiger partial charge in [-0.1, -0.05) is 44.4 Å². The molecule has 7 heteroatoms. The molecule has 2 amide bonds. The number of hydrogen-bond donors (Lipinski definition) is 2. The van der Waals surface area contributed by atoms with E-state index in [1.54, 1.807) is 7.05 Å². The lowest BCUT2D eigenvalue weighted by Gasteiger charge is -2.44. The lowest BCUT2D eigenvalue weighted by Crippen LogP contribution is -2.46. The van der Waals surface area contributed by atoms with Crippen molar-refractivity contribution in [3.8, 4) is 5.75 Å². The summed E-state index contributed by atoms with van der Waals surface area (Å²) in [6, 6.07) is 4.02. The van der Waals surface area contributed by atoms with E-state index < -0.39 is 13.0 Å². The number of aromatic hydroxyl groups is 1. The number of hydrogen-bond acceptors (Lipinski definition) is 5. The number of phenols is 1. The summed E-state index contributed by atoms with van der Waals surface area (Å²) in [5, 5.41) is 20.8. The predicted octanol–water partition coefficient (Wildman–Crippen LogP) is 5.06. The van der Waals surface area contributed by atoms with Gasteiger partial charge in [0.05, 0.1) is 17.9 Å². The van der Waals surface area contributed by atoms with E-state index in [1.165, 1.54) is 16.0 Å². The van der Waals surface area contributed by atoms with Gasteiger partial charge in [0.25, 0.3) is 0 Å². The Hall–Kier alpha value is -2.38. The molecule has 2 aliphatic heterocycles. The number of rotatable bonds is 7. The van der Waals surface area contributed by atoms with E-state index in [0.717, 1.165) is 47.9 Å². The molecule has 1 aromatic carbocycles. The maximum Gasteiger partial charge on any atom is 0.455 e. The van der Waals surface area contributed by atoms with Crippen LogP contribution in [0, 0.1) is 37.5 Å². The maximum atomic E-state index is 13.1. The minimum Gasteiger partial charge on any atom is -0.507 e. The van der Waals surface area contributed by atoms with Crippen LogP contribution in [0.15, 0.2) is 28.9 Å². The second kappa shape index (κ2) is 10.5. The summed E-state index contributed by atoms with van der Waals surface area (Å²) in [6.45, 7) is 10.3. The molecule has 2 fully saturated rings. The van der Waals surface area contributed by atoms with E-state index in [1.807, 2.05) is 26.0 Å². The second-order valence-electron chi connectivity index (χ2n) is 11.2. The molecule has 3 aliphatic rings. The van der Waals surface area contributed by atoms with Crippen molar-refractivity contribution in [2.45, 2.75) is 79.1 Å². The Bertz CT molecular complexity index is 1080. The molecule has 2 saturated heterocycles. The molecular formula is C29H40BNO5. The third-order valence-corrected chi connectivity index (χ3v) is 8.34. The number of fused-ring (bicyclic) bond motifs is 3. The van der Waals surface area contributed by atoms with Gasteiger partial charge in [-0.3, -0.25) is 14.5 Å². The van der Waals surface area contributed by atoms with Crippen molar-refractivity contribution in [2.75, 3.05) is 7.05 Å². The highest BCUT2D eigenvalue weighted by Crippen LogP contribution is 2.51. The first kappa shape index (κ1) is 26.7. The Morgan fingerprint density at radius 2 is 1.83 bits per heavy atom. The van der Waals surface area contributed by atoms with Crippen LogP contribution in [0.5, 0.6) is 5.75 Å². The van der Waals surface area contributed by atoms with Crippen LogP contribution in [0.3, 0.4) is 0 Å². The summed E-state index contributed by atoms with van der Waals surface area (Å²) in [6.07, 6.45) is 6.41. The molecule has 0 aromatic heterocycles. The summed E-state index contributed by atoms with van der Waals surface area (Å²) in [5.41, 5.74) is 6.48. The van der Waals surface area contributed by atoms with Gasteiger partial charge in [0.15, 0.2) is 0 Å². The standard InChI is InChI=1S/C29H40BNO5/c1-7-8-19(13-20-11-17(4)27(32)18(5)12-20)9-10-24-25-21(16(2)3)14-22-26(23(25)15-30(35)36-24)29(34)31(6)28(22)33/h11-13,16,22-24,26,32,35H,7-10,14-15H2,1-6H3/b19-13+/t22-,23+,24-,26-/m1/s1. The monoisotopic (exact) mass is 493 g/mol. The summed E-state index contributed by atoms with van der Waals surface area (Å²) in [5.74, 6) is -0.496. The molecule has 2 heterocycles. The van der Waals surface area contributed by atoms with Gasteiger partial charge >= 0.3 is 7.12 Å². The van der Waals surface area contributed by atoms with Crippen LogP contribution >= 0.6 is 0 Å². The Morgan fingerprint density at radius 3 is 2.44 bits per heavy atom. The largest absolute Gasteiger partial charge is 0.507 e. The van der Waals surface area contributed by atoms with E-state index >= 15 is 0 Å². The zero-order valence-corrected chi connectivity index (χ0v) is 22.5. The lowest BCUT2D eigenvalue weighted by atomic mass is 9.57. The summed E-state index contributed by atoms with van der Waals surface area (Å²) in [7, 11) is 0.644. The molecule has 0 saturated carbocycles. The van der Waals surface area contributed by atoms with Gasteiger partial charge in [0, 0.05) is 7.05 Å². The minimum absolute atomic E-state index is 0.0904. The van der Waals surface area contributed by atoms with Crippen molar-refractivity contribution in [1.82, 2.24) is 4.90 Å². The van der Waals surface area contributed by atoms with Crippen LogP contribution in [0.25, 0.3) is 6.08 Å². The van der Waals surface area contributed by atoms with Gasteiger partial charge in [0.1, 0.15) is 5.75 Å². The normalized spacial score (nSPS) is 26.7. The van der Waals surface area contributed by atoms with Gasteiger partial charge in [-0.05, 0) is 92.1 Å². The van der Waals surface area contributed by atoms with Crippen molar-refractivity contribution < 1.29 is 24.4 Å². The number of nitrogens with zero attached hydrogens (tertiary/aromatic N) is 1. The number of phenolic OH excluding ortho intramolecular Hbond substituents is 1. The smallest absolute Gasteiger partial charge is 0.455 e. The summed E-state index contributed by atoms with van der Waals surface area (Å²) < 4.78 is 6.13. The van der Waals surface area contributed by atoms with Crippen molar-refractivity contribution in [3.05, 3.63) is 45.5 Å². The first-order chi connectivity index (χ1) is 17.0. The fraction of sp³-hybridized carbons (Fsp3) is 0.586. The van der Waals surface area contributed by atoms with Crippen molar-refractivity contribution in [3.63, 3.8) is 0 Å². The summed E-state index contributed by atoms with van der Waals surface area (Å²) >= 11 is 0. The lowest BCUT2D eigenvalue weighted by molar-refractivity contribution is -0.138. The molecule has 0 radical (unpaired) electrons. The summed E-state index contributed by atoms with van der Waals surface area (Å²) in [4.78, 5) is 27.2. The Morgan fingerprint density at radius 1 is 1.17 bits per heavy atom. The molecule has 0 bridgehead atoms. The van der Waals surface area contributed by atoms with E-state index in [0.29, 0.717) is 18.5 Å². The zero-order chi connectivity index (χ0) is 26.3. The molecule has 2 N–H and O–H groups in total.